The molecular formula is C19H23N5O2. The quantitative estimate of drug-likeness (QED) is 0.839. The van der Waals surface area contributed by atoms with Crippen molar-refractivity contribution in [1.29, 1.82) is 0 Å². The zero-order valence-corrected chi connectivity index (χ0v) is 15.0. The predicted octanol–water partition coefficient (Wildman–Crippen LogP) is 2.18. The first-order valence-corrected chi connectivity index (χ1v) is 9.54. The number of likely N-dealkylation sites (N-methyl/N-ethyl adjacent to an activating group) is 1. The summed E-state index contributed by atoms with van der Waals surface area (Å²) in [5.41, 5.74) is 3.09. The van der Waals surface area contributed by atoms with E-state index in [0.29, 0.717) is 11.7 Å². The third-order valence-corrected chi connectivity index (χ3v) is 5.88. The number of fused-ring (bicyclic) bond motifs is 1. The minimum Gasteiger partial charge on any atom is -0.351 e. The summed E-state index contributed by atoms with van der Waals surface area (Å²) in [6, 6.07) is 4.30. The van der Waals surface area contributed by atoms with Crippen molar-refractivity contribution in [3.63, 3.8) is 0 Å². The minimum atomic E-state index is -0.0551. The average molecular weight is 353 g/mol. The van der Waals surface area contributed by atoms with Crippen molar-refractivity contribution in [2.75, 3.05) is 25.0 Å². The van der Waals surface area contributed by atoms with E-state index in [0.717, 1.165) is 61.5 Å². The predicted molar refractivity (Wildman–Crippen MR) is 95.2 cm³/mol. The number of hydrogen-bond acceptors (Lipinski definition) is 6. The lowest BCUT2D eigenvalue weighted by molar-refractivity contribution is 0.0661. The molecule has 2 fully saturated rings. The van der Waals surface area contributed by atoms with Crippen LogP contribution in [0.3, 0.4) is 0 Å². The van der Waals surface area contributed by atoms with E-state index in [4.69, 9.17) is 4.52 Å². The fourth-order valence-electron chi connectivity index (χ4n) is 3.87. The molecule has 1 aliphatic heterocycles. The van der Waals surface area contributed by atoms with E-state index in [1.54, 1.807) is 4.90 Å². The Kier molecular flexibility index (Phi) is 3.69. The molecule has 0 aromatic carbocycles. The third-order valence-electron chi connectivity index (χ3n) is 5.88. The van der Waals surface area contributed by atoms with Crippen LogP contribution in [0, 0.1) is 0 Å². The van der Waals surface area contributed by atoms with Gasteiger partial charge in [-0.3, -0.25) is 4.79 Å². The number of amides is 1. The number of hydrogen-bond donors (Lipinski definition) is 0. The largest absolute Gasteiger partial charge is 0.351 e. The molecule has 0 bridgehead atoms. The molecule has 0 radical (unpaired) electrons. The molecule has 26 heavy (non-hydrogen) atoms. The van der Waals surface area contributed by atoms with Crippen LogP contribution in [0.5, 0.6) is 0 Å². The summed E-state index contributed by atoms with van der Waals surface area (Å²) in [6.07, 6.45) is 6.51. The van der Waals surface area contributed by atoms with Crippen LogP contribution in [-0.2, 0) is 12.8 Å². The summed E-state index contributed by atoms with van der Waals surface area (Å²) in [4.78, 5) is 16.8. The molecule has 3 heterocycles. The van der Waals surface area contributed by atoms with Gasteiger partial charge in [0.15, 0.2) is 5.82 Å². The van der Waals surface area contributed by atoms with Crippen LogP contribution in [0.15, 0.2) is 16.7 Å². The Hall–Kier alpha value is -2.44. The molecule has 0 spiro atoms. The van der Waals surface area contributed by atoms with E-state index < -0.39 is 0 Å². The van der Waals surface area contributed by atoms with Gasteiger partial charge in [-0.1, -0.05) is 5.16 Å². The summed E-state index contributed by atoms with van der Waals surface area (Å²) >= 11 is 0. The van der Waals surface area contributed by atoms with E-state index in [1.807, 2.05) is 13.1 Å². The van der Waals surface area contributed by atoms with Gasteiger partial charge in [-0.25, -0.2) is 0 Å². The number of carbonyl (C=O) groups is 1. The molecule has 2 aromatic rings. The highest BCUT2D eigenvalue weighted by molar-refractivity contribution is 5.93. The molecule has 1 saturated carbocycles. The first-order valence-electron chi connectivity index (χ1n) is 9.54. The van der Waals surface area contributed by atoms with Crippen molar-refractivity contribution in [2.24, 2.45) is 0 Å². The maximum absolute atomic E-state index is 12.8. The SMILES string of the molecule is CN(C(=O)c1onc2c1CCCC2)C1CN(c2ccc(C3CC3)nn2)C1. The molecule has 7 heteroatoms. The average Bonchev–Trinajstić information content (AvgIpc) is 3.39. The van der Waals surface area contributed by atoms with Gasteiger partial charge in [-0.15, -0.1) is 5.10 Å². The summed E-state index contributed by atoms with van der Waals surface area (Å²) in [5, 5.41) is 12.8. The Balaban J connectivity index is 1.22. The fourth-order valence-corrected chi connectivity index (χ4v) is 3.87. The lowest BCUT2D eigenvalue weighted by Crippen LogP contribution is -2.60. The van der Waals surface area contributed by atoms with Crippen molar-refractivity contribution in [2.45, 2.75) is 50.5 Å². The molecule has 5 rings (SSSR count). The highest BCUT2D eigenvalue weighted by Gasteiger charge is 2.36. The van der Waals surface area contributed by atoms with Gasteiger partial charge < -0.3 is 14.3 Å². The zero-order chi connectivity index (χ0) is 17.7. The molecular weight excluding hydrogens is 330 g/mol. The number of aromatic nitrogens is 3. The van der Waals surface area contributed by atoms with Crippen LogP contribution in [0.25, 0.3) is 0 Å². The normalized spacial score (nSPS) is 19.8. The Morgan fingerprint density at radius 1 is 1.19 bits per heavy atom. The lowest BCUT2D eigenvalue weighted by Gasteiger charge is -2.44. The maximum atomic E-state index is 12.8. The van der Waals surface area contributed by atoms with Crippen molar-refractivity contribution >= 4 is 11.7 Å². The van der Waals surface area contributed by atoms with E-state index in [2.05, 4.69) is 26.3 Å². The van der Waals surface area contributed by atoms with Gasteiger partial charge in [-0.05, 0) is 50.7 Å². The molecule has 136 valence electrons. The molecule has 1 amide bonds. The Morgan fingerprint density at radius 3 is 2.73 bits per heavy atom. The van der Waals surface area contributed by atoms with Crippen molar-refractivity contribution in [3.8, 4) is 0 Å². The Morgan fingerprint density at radius 2 is 2.00 bits per heavy atom. The Labute approximate surface area is 152 Å². The monoisotopic (exact) mass is 353 g/mol. The Bertz CT molecular complexity index is 821. The van der Waals surface area contributed by atoms with E-state index in [1.165, 1.54) is 12.8 Å². The second kappa shape index (κ2) is 6.07. The van der Waals surface area contributed by atoms with Crippen LogP contribution in [0.2, 0.25) is 0 Å². The number of rotatable bonds is 4. The maximum Gasteiger partial charge on any atom is 0.292 e. The fraction of sp³-hybridized carbons (Fsp3) is 0.579. The summed E-state index contributed by atoms with van der Waals surface area (Å²) in [7, 11) is 1.85. The lowest BCUT2D eigenvalue weighted by atomic mass is 9.95. The van der Waals surface area contributed by atoms with E-state index in [-0.39, 0.29) is 11.9 Å². The number of nitrogens with zero attached hydrogens (tertiary/aromatic N) is 5. The summed E-state index contributed by atoms with van der Waals surface area (Å²) < 4.78 is 5.40. The van der Waals surface area contributed by atoms with Gasteiger partial charge in [0, 0.05) is 31.6 Å². The summed E-state index contributed by atoms with van der Waals surface area (Å²) in [5.74, 6) is 1.90. The van der Waals surface area contributed by atoms with Gasteiger partial charge in [0.25, 0.3) is 5.91 Å². The topological polar surface area (TPSA) is 75.4 Å². The molecule has 2 aromatic heterocycles. The molecule has 0 atom stereocenters. The van der Waals surface area contributed by atoms with E-state index in [9.17, 15) is 4.79 Å². The van der Waals surface area contributed by atoms with Crippen molar-refractivity contribution in [3.05, 3.63) is 34.8 Å². The molecule has 7 nitrogen and oxygen atoms in total. The number of carbonyl (C=O) groups excluding carboxylic acids is 1. The molecule has 0 unspecified atom stereocenters. The molecule has 1 saturated heterocycles. The standard InChI is InChI=1S/C19H23N5O2/c1-23(19(25)18-14-4-2-3-5-16(14)22-26-18)13-10-24(11-13)17-9-8-15(20-21-17)12-6-7-12/h8-9,12-13H,2-7,10-11H2,1H3. The molecule has 3 aliphatic rings. The summed E-state index contributed by atoms with van der Waals surface area (Å²) in [6.45, 7) is 1.55. The first kappa shape index (κ1) is 15.8. The zero-order valence-electron chi connectivity index (χ0n) is 15.0. The molecule has 2 aliphatic carbocycles. The van der Waals surface area contributed by atoms with Crippen LogP contribution in [0.1, 0.15) is 59.1 Å². The van der Waals surface area contributed by atoms with Gasteiger partial charge in [0.05, 0.1) is 17.4 Å². The van der Waals surface area contributed by atoms with Crippen LogP contribution >= 0.6 is 0 Å². The van der Waals surface area contributed by atoms with Gasteiger partial charge in [-0.2, -0.15) is 5.10 Å². The van der Waals surface area contributed by atoms with Crippen LogP contribution in [-0.4, -0.2) is 52.3 Å². The van der Waals surface area contributed by atoms with Gasteiger partial charge in [0.1, 0.15) is 0 Å². The molecule has 0 N–H and O–H groups in total. The second-order valence-corrected chi connectivity index (χ2v) is 7.71. The van der Waals surface area contributed by atoms with Crippen molar-refractivity contribution in [1.82, 2.24) is 20.3 Å². The van der Waals surface area contributed by atoms with Gasteiger partial charge >= 0.3 is 0 Å². The highest BCUT2D eigenvalue weighted by Crippen LogP contribution is 2.39. The minimum absolute atomic E-state index is 0.0551. The third kappa shape index (κ3) is 2.66. The van der Waals surface area contributed by atoms with Gasteiger partial charge in [0.2, 0.25) is 5.76 Å². The smallest absolute Gasteiger partial charge is 0.292 e. The van der Waals surface area contributed by atoms with E-state index >= 15 is 0 Å². The number of anilines is 1. The van der Waals surface area contributed by atoms with Crippen LogP contribution < -0.4 is 4.90 Å². The first-order chi connectivity index (χ1) is 12.7. The highest BCUT2D eigenvalue weighted by atomic mass is 16.5. The van der Waals surface area contributed by atoms with Crippen LogP contribution in [0.4, 0.5) is 5.82 Å². The second-order valence-electron chi connectivity index (χ2n) is 7.71. The number of aryl methyl sites for hydroxylation is 1. The van der Waals surface area contributed by atoms with Crippen molar-refractivity contribution < 1.29 is 9.32 Å².